The summed E-state index contributed by atoms with van der Waals surface area (Å²) in [5.74, 6) is 0. The van der Waals surface area contributed by atoms with Crippen molar-refractivity contribution in [1.29, 1.82) is 5.26 Å². The zero-order valence-corrected chi connectivity index (χ0v) is 16.5. The molecule has 10 heteroatoms. The monoisotopic (exact) mass is 411 g/mol. The van der Waals surface area contributed by atoms with Gasteiger partial charge in [-0.3, -0.25) is 4.31 Å². The van der Waals surface area contributed by atoms with Crippen LogP contribution in [-0.2, 0) is 14.9 Å². The van der Waals surface area contributed by atoms with Crippen LogP contribution in [0.1, 0.15) is 6.42 Å². The van der Waals surface area contributed by atoms with Crippen molar-refractivity contribution in [1.82, 2.24) is 9.21 Å². The molecule has 0 aliphatic carbocycles. The molecule has 3 heterocycles. The summed E-state index contributed by atoms with van der Waals surface area (Å²) in [6.45, 7) is 4.74. The summed E-state index contributed by atoms with van der Waals surface area (Å²) >= 11 is 6.48. The smallest absolute Gasteiger partial charge is 0.304 e. The van der Waals surface area contributed by atoms with Crippen LogP contribution in [0.5, 0.6) is 0 Å². The Labute approximate surface area is 164 Å². The standard InChI is InChI=1S/C17H22ClN5O3S/c18-16-11-14(1-2-17(16)21-7-9-26-10-8-21)22-5-6-23(27(22,24)25)15-3-4-20(12-15)13-19/h1-2,11,15H,3-10,12H2. The van der Waals surface area contributed by atoms with Gasteiger partial charge in [0.25, 0.3) is 0 Å². The van der Waals surface area contributed by atoms with Gasteiger partial charge in [0.2, 0.25) is 0 Å². The number of likely N-dealkylation sites (tertiary alicyclic amines) is 1. The molecule has 0 N–H and O–H groups in total. The molecule has 0 radical (unpaired) electrons. The minimum absolute atomic E-state index is 0.150. The second-order valence-corrected chi connectivity index (χ2v) is 9.13. The molecule has 3 aliphatic rings. The average molecular weight is 412 g/mol. The Hall–Kier alpha value is -1.73. The van der Waals surface area contributed by atoms with Crippen LogP contribution >= 0.6 is 11.6 Å². The molecule has 0 bridgehead atoms. The SMILES string of the molecule is N#CN1CCC(N2CCN(c3ccc(N4CCOCC4)c(Cl)c3)S2(=O)=O)C1. The third-order valence-electron chi connectivity index (χ3n) is 5.38. The largest absolute Gasteiger partial charge is 0.378 e. The lowest BCUT2D eigenvalue weighted by Gasteiger charge is -2.30. The van der Waals surface area contributed by atoms with Gasteiger partial charge >= 0.3 is 10.2 Å². The Morgan fingerprint density at radius 1 is 1.15 bits per heavy atom. The normalized spacial score (nSPS) is 25.8. The first-order chi connectivity index (χ1) is 13.0. The molecule has 1 unspecified atom stereocenters. The van der Waals surface area contributed by atoms with E-state index in [9.17, 15) is 8.42 Å². The first kappa shape index (κ1) is 18.6. The van der Waals surface area contributed by atoms with E-state index >= 15 is 0 Å². The van der Waals surface area contributed by atoms with Gasteiger partial charge in [0.1, 0.15) is 0 Å². The number of benzene rings is 1. The van der Waals surface area contributed by atoms with Crippen molar-refractivity contribution < 1.29 is 13.2 Å². The van der Waals surface area contributed by atoms with Crippen LogP contribution in [0.25, 0.3) is 0 Å². The van der Waals surface area contributed by atoms with Crippen LogP contribution in [-0.4, -0.2) is 76.1 Å². The lowest BCUT2D eigenvalue weighted by Crippen LogP contribution is -2.41. The van der Waals surface area contributed by atoms with Crippen molar-refractivity contribution >= 4 is 33.2 Å². The van der Waals surface area contributed by atoms with Gasteiger partial charge in [0.05, 0.1) is 29.6 Å². The Balaban J connectivity index is 1.53. The van der Waals surface area contributed by atoms with Gasteiger partial charge in [-0.25, -0.2) is 0 Å². The first-order valence-corrected chi connectivity index (χ1v) is 10.8. The predicted octanol–water partition coefficient (Wildman–Crippen LogP) is 1.10. The van der Waals surface area contributed by atoms with E-state index in [1.807, 2.05) is 12.1 Å². The van der Waals surface area contributed by atoms with E-state index in [-0.39, 0.29) is 6.04 Å². The zero-order valence-electron chi connectivity index (χ0n) is 14.9. The lowest BCUT2D eigenvalue weighted by atomic mass is 10.2. The fraction of sp³-hybridized carbons (Fsp3) is 0.588. The number of morpholine rings is 1. The molecule has 146 valence electrons. The minimum atomic E-state index is -3.61. The molecule has 1 aromatic carbocycles. The van der Waals surface area contributed by atoms with E-state index in [0.717, 1.165) is 18.8 Å². The molecule has 1 aromatic rings. The molecule has 0 spiro atoms. The Bertz CT molecular complexity index is 853. The van der Waals surface area contributed by atoms with Gasteiger partial charge < -0.3 is 14.5 Å². The summed E-state index contributed by atoms with van der Waals surface area (Å²) in [4.78, 5) is 3.76. The van der Waals surface area contributed by atoms with Crippen molar-refractivity contribution in [2.24, 2.45) is 0 Å². The van der Waals surface area contributed by atoms with Crippen molar-refractivity contribution in [2.45, 2.75) is 12.5 Å². The van der Waals surface area contributed by atoms with Crippen LogP contribution in [0.3, 0.4) is 0 Å². The summed E-state index contributed by atoms with van der Waals surface area (Å²) in [6.07, 6.45) is 2.78. The maximum Gasteiger partial charge on any atom is 0.304 e. The average Bonchev–Trinajstić information content (AvgIpc) is 3.25. The molecule has 3 aliphatic heterocycles. The van der Waals surface area contributed by atoms with Crippen molar-refractivity contribution in [3.8, 4) is 6.19 Å². The highest BCUT2D eigenvalue weighted by Gasteiger charge is 2.43. The van der Waals surface area contributed by atoms with Crippen LogP contribution in [0.15, 0.2) is 18.2 Å². The molecular weight excluding hydrogens is 390 g/mol. The number of anilines is 2. The van der Waals surface area contributed by atoms with Crippen molar-refractivity contribution in [3.05, 3.63) is 23.2 Å². The maximum absolute atomic E-state index is 13.1. The summed E-state index contributed by atoms with van der Waals surface area (Å²) in [6, 6.07) is 5.27. The van der Waals surface area contributed by atoms with Crippen LogP contribution in [0, 0.1) is 11.5 Å². The van der Waals surface area contributed by atoms with Crippen LogP contribution in [0.4, 0.5) is 11.4 Å². The van der Waals surface area contributed by atoms with Crippen molar-refractivity contribution in [2.75, 3.05) is 61.7 Å². The number of nitrogens with zero attached hydrogens (tertiary/aromatic N) is 5. The Morgan fingerprint density at radius 2 is 1.93 bits per heavy atom. The molecule has 27 heavy (non-hydrogen) atoms. The number of hydrogen-bond donors (Lipinski definition) is 0. The number of rotatable bonds is 3. The van der Waals surface area contributed by atoms with E-state index < -0.39 is 10.2 Å². The molecule has 0 aromatic heterocycles. The van der Waals surface area contributed by atoms with Gasteiger partial charge in [-0.1, -0.05) is 11.6 Å². The van der Waals surface area contributed by atoms with E-state index in [2.05, 4.69) is 11.1 Å². The van der Waals surface area contributed by atoms with Crippen molar-refractivity contribution in [3.63, 3.8) is 0 Å². The molecule has 0 saturated carbocycles. The second-order valence-electron chi connectivity index (χ2n) is 6.91. The van der Waals surface area contributed by atoms with Gasteiger partial charge in [-0.2, -0.15) is 18.0 Å². The van der Waals surface area contributed by atoms with Gasteiger partial charge in [-0.05, 0) is 24.6 Å². The fourth-order valence-electron chi connectivity index (χ4n) is 3.96. The third kappa shape index (κ3) is 3.43. The predicted molar refractivity (Wildman–Crippen MR) is 103 cm³/mol. The quantitative estimate of drug-likeness (QED) is 0.693. The number of nitriles is 1. The maximum atomic E-state index is 13.1. The number of hydrogen-bond acceptors (Lipinski definition) is 6. The first-order valence-electron chi connectivity index (χ1n) is 9.07. The summed E-state index contributed by atoms with van der Waals surface area (Å²) in [7, 11) is -3.61. The summed E-state index contributed by atoms with van der Waals surface area (Å²) < 4.78 is 34.4. The Morgan fingerprint density at radius 3 is 2.59 bits per heavy atom. The van der Waals surface area contributed by atoms with Crippen LogP contribution in [0.2, 0.25) is 5.02 Å². The molecule has 8 nitrogen and oxygen atoms in total. The number of ether oxygens (including phenoxy) is 1. The minimum Gasteiger partial charge on any atom is -0.378 e. The van der Waals surface area contributed by atoms with E-state index in [0.29, 0.717) is 56.5 Å². The zero-order chi connectivity index (χ0) is 19.0. The molecule has 3 saturated heterocycles. The van der Waals surface area contributed by atoms with E-state index in [1.165, 1.54) is 8.61 Å². The van der Waals surface area contributed by atoms with Gasteiger partial charge in [0.15, 0.2) is 6.19 Å². The Kier molecular flexibility index (Phi) is 5.07. The summed E-state index contributed by atoms with van der Waals surface area (Å²) in [5.41, 5.74) is 1.48. The van der Waals surface area contributed by atoms with Crippen LogP contribution < -0.4 is 9.21 Å². The van der Waals surface area contributed by atoms with E-state index in [1.54, 1.807) is 11.0 Å². The topological polar surface area (TPSA) is 80.1 Å². The molecule has 4 rings (SSSR count). The fourth-order valence-corrected chi connectivity index (χ4v) is 6.06. The van der Waals surface area contributed by atoms with E-state index in [4.69, 9.17) is 21.6 Å². The molecule has 1 atom stereocenters. The third-order valence-corrected chi connectivity index (χ3v) is 7.71. The van der Waals surface area contributed by atoms with Gasteiger partial charge in [0, 0.05) is 45.3 Å². The van der Waals surface area contributed by atoms with Gasteiger partial charge in [-0.15, -0.1) is 0 Å². The lowest BCUT2D eigenvalue weighted by molar-refractivity contribution is 0.122. The number of halogens is 1. The molecule has 3 fully saturated rings. The summed E-state index contributed by atoms with van der Waals surface area (Å²) in [5, 5.41) is 9.56. The highest BCUT2D eigenvalue weighted by molar-refractivity contribution is 7.90. The second kappa shape index (κ2) is 7.36. The highest BCUT2D eigenvalue weighted by atomic mass is 35.5. The molecule has 0 amide bonds. The molecular formula is C17H22ClN5O3S. The highest BCUT2D eigenvalue weighted by Crippen LogP contribution is 2.35.